The van der Waals surface area contributed by atoms with Crippen molar-refractivity contribution in [1.29, 1.82) is 0 Å². The first-order chi connectivity index (χ1) is 9.26. The van der Waals surface area contributed by atoms with Crippen LogP contribution in [0.15, 0.2) is 42.5 Å². The van der Waals surface area contributed by atoms with Gasteiger partial charge in [-0.1, -0.05) is 31.2 Å². The SMILES string of the molecule is CCCOc1ccccc1-c1ccc(F)cc1C=O. The molecule has 0 atom stereocenters. The van der Waals surface area contributed by atoms with E-state index in [-0.39, 0.29) is 0 Å². The first-order valence-corrected chi connectivity index (χ1v) is 6.23. The minimum Gasteiger partial charge on any atom is -0.493 e. The van der Waals surface area contributed by atoms with Gasteiger partial charge in [0.1, 0.15) is 11.6 Å². The van der Waals surface area contributed by atoms with Gasteiger partial charge in [-0.3, -0.25) is 4.79 Å². The Kier molecular flexibility index (Phi) is 4.29. The number of benzene rings is 2. The van der Waals surface area contributed by atoms with Gasteiger partial charge in [-0.25, -0.2) is 4.39 Å². The molecule has 2 rings (SSSR count). The molecule has 0 spiro atoms. The van der Waals surface area contributed by atoms with Crippen LogP contribution in [-0.2, 0) is 0 Å². The second-order valence-electron chi connectivity index (χ2n) is 4.19. The summed E-state index contributed by atoms with van der Waals surface area (Å²) in [6.07, 6.45) is 1.56. The van der Waals surface area contributed by atoms with E-state index in [0.29, 0.717) is 29.8 Å². The summed E-state index contributed by atoms with van der Waals surface area (Å²) in [6.45, 7) is 2.63. The van der Waals surface area contributed by atoms with Gasteiger partial charge in [0.2, 0.25) is 0 Å². The maximum absolute atomic E-state index is 13.2. The standard InChI is InChI=1S/C16H15FO2/c1-2-9-19-16-6-4-3-5-15(16)14-8-7-13(17)10-12(14)11-18/h3-8,10-11H,2,9H2,1H3. The number of carbonyl (C=O) groups excluding carboxylic acids is 1. The van der Waals surface area contributed by atoms with Gasteiger partial charge in [0.15, 0.2) is 6.29 Å². The molecule has 0 aliphatic heterocycles. The molecule has 0 N–H and O–H groups in total. The number of rotatable bonds is 5. The summed E-state index contributed by atoms with van der Waals surface area (Å²) in [5.41, 5.74) is 1.81. The minimum atomic E-state index is -0.419. The summed E-state index contributed by atoms with van der Waals surface area (Å²) in [7, 11) is 0. The molecule has 98 valence electrons. The van der Waals surface area contributed by atoms with E-state index < -0.39 is 5.82 Å². The van der Waals surface area contributed by atoms with Crippen LogP contribution in [0.1, 0.15) is 23.7 Å². The molecule has 0 amide bonds. The van der Waals surface area contributed by atoms with Gasteiger partial charge in [-0.05, 0) is 30.2 Å². The molecule has 0 radical (unpaired) electrons. The fraction of sp³-hybridized carbons (Fsp3) is 0.188. The van der Waals surface area contributed by atoms with Crippen molar-refractivity contribution in [2.75, 3.05) is 6.61 Å². The van der Waals surface area contributed by atoms with E-state index in [0.717, 1.165) is 12.0 Å². The summed E-state index contributed by atoms with van der Waals surface area (Å²) in [5, 5.41) is 0. The normalized spacial score (nSPS) is 10.2. The van der Waals surface area contributed by atoms with Gasteiger partial charge in [0.25, 0.3) is 0 Å². The monoisotopic (exact) mass is 258 g/mol. The van der Waals surface area contributed by atoms with Crippen LogP contribution in [0.3, 0.4) is 0 Å². The molecule has 0 aliphatic carbocycles. The van der Waals surface area contributed by atoms with Crippen molar-refractivity contribution in [2.45, 2.75) is 13.3 Å². The highest BCUT2D eigenvalue weighted by atomic mass is 19.1. The Morgan fingerprint density at radius 1 is 1.16 bits per heavy atom. The third-order valence-corrected chi connectivity index (χ3v) is 2.78. The average Bonchev–Trinajstić information content (AvgIpc) is 2.45. The number of hydrogen-bond acceptors (Lipinski definition) is 2. The third kappa shape index (κ3) is 2.99. The summed E-state index contributed by atoms with van der Waals surface area (Å²) < 4.78 is 18.8. The lowest BCUT2D eigenvalue weighted by molar-refractivity contribution is 0.112. The summed E-state index contributed by atoms with van der Waals surface area (Å²) in [6, 6.07) is 11.6. The highest BCUT2D eigenvalue weighted by molar-refractivity contribution is 5.89. The fourth-order valence-electron chi connectivity index (χ4n) is 1.90. The van der Waals surface area contributed by atoms with Crippen LogP contribution in [-0.4, -0.2) is 12.9 Å². The van der Waals surface area contributed by atoms with E-state index in [1.54, 1.807) is 6.07 Å². The average molecular weight is 258 g/mol. The van der Waals surface area contributed by atoms with Crippen LogP contribution >= 0.6 is 0 Å². The first kappa shape index (κ1) is 13.3. The van der Waals surface area contributed by atoms with Gasteiger partial charge in [0, 0.05) is 11.1 Å². The number of ether oxygens (including phenoxy) is 1. The van der Waals surface area contributed by atoms with Crippen LogP contribution in [0.4, 0.5) is 4.39 Å². The van der Waals surface area contributed by atoms with E-state index >= 15 is 0 Å². The van der Waals surface area contributed by atoms with Crippen LogP contribution in [0, 0.1) is 5.82 Å². The number of hydrogen-bond donors (Lipinski definition) is 0. The lowest BCUT2D eigenvalue weighted by atomic mass is 9.99. The molecule has 0 aromatic heterocycles. The molecule has 0 saturated carbocycles. The van der Waals surface area contributed by atoms with Gasteiger partial charge >= 0.3 is 0 Å². The van der Waals surface area contributed by atoms with Crippen molar-refractivity contribution in [2.24, 2.45) is 0 Å². The quantitative estimate of drug-likeness (QED) is 0.755. The van der Waals surface area contributed by atoms with Crippen LogP contribution in [0.25, 0.3) is 11.1 Å². The number of para-hydroxylation sites is 1. The molecule has 0 fully saturated rings. The van der Waals surface area contributed by atoms with Gasteiger partial charge in [-0.15, -0.1) is 0 Å². The van der Waals surface area contributed by atoms with E-state index in [1.165, 1.54) is 12.1 Å². The Hall–Kier alpha value is -2.16. The Bertz CT molecular complexity index is 579. The molecule has 19 heavy (non-hydrogen) atoms. The highest BCUT2D eigenvalue weighted by Crippen LogP contribution is 2.32. The van der Waals surface area contributed by atoms with Crippen LogP contribution < -0.4 is 4.74 Å². The van der Waals surface area contributed by atoms with E-state index in [9.17, 15) is 9.18 Å². The minimum absolute atomic E-state index is 0.326. The van der Waals surface area contributed by atoms with E-state index in [2.05, 4.69) is 0 Å². The molecule has 2 aromatic carbocycles. The molecule has 0 heterocycles. The Labute approximate surface area is 111 Å². The largest absolute Gasteiger partial charge is 0.493 e. The fourth-order valence-corrected chi connectivity index (χ4v) is 1.90. The van der Waals surface area contributed by atoms with Gasteiger partial charge in [-0.2, -0.15) is 0 Å². The predicted molar refractivity (Wildman–Crippen MR) is 73.0 cm³/mol. The maximum Gasteiger partial charge on any atom is 0.150 e. The van der Waals surface area contributed by atoms with Crippen molar-refractivity contribution in [1.82, 2.24) is 0 Å². The maximum atomic E-state index is 13.2. The van der Waals surface area contributed by atoms with E-state index in [4.69, 9.17) is 4.74 Å². The second kappa shape index (κ2) is 6.14. The number of aldehydes is 1. The summed E-state index contributed by atoms with van der Waals surface area (Å²) in [5.74, 6) is 0.289. The second-order valence-corrected chi connectivity index (χ2v) is 4.19. The van der Waals surface area contributed by atoms with Gasteiger partial charge in [0.05, 0.1) is 6.61 Å². The van der Waals surface area contributed by atoms with Crippen molar-refractivity contribution in [3.63, 3.8) is 0 Å². The highest BCUT2D eigenvalue weighted by Gasteiger charge is 2.10. The Morgan fingerprint density at radius 3 is 2.68 bits per heavy atom. The van der Waals surface area contributed by atoms with Crippen molar-refractivity contribution in [3.05, 3.63) is 53.8 Å². The van der Waals surface area contributed by atoms with Crippen molar-refractivity contribution in [3.8, 4) is 16.9 Å². The topological polar surface area (TPSA) is 26.3 Å². The molecular weight excluding hydrogens is 243 g/mol. The van der Waals surface area contributed by atoms with Crippen LogP contribution in [0.5, 0.6) is 5.75 Å². The summed E-state index contributed by atoms with van der Waals surface area (Å²) >= 11 is 0. The van der Waals surface area contributed by atoms with Crippen molar-refractivity contribution < 1.29 is 13.9 Å². The first-order valence-electron chi connectivity index (χ1n) is 6.23. The number of halogens is 1. The Morgan fingerprint density at radius 2 is 1.95 bits per heavy atom. The molecule has 0 aliphatic rings. The Balaban J connectivity index is 2.49. The molecule has 2 aromatic rings. The van der Waals surface area contributed by atoms with Gasteiger partial charge < -0.3 is 4.74 Å². The predicted octanol–water partition coefficient (Wildman–Crippen LogP) is 4.09. The third-order valence-electron chi connectivity index (χ3n) is 2.78. The molecule has 3 heteroatoms. The lowest BCUT2D eigenvalue weighted by Crippen LogP contribution is -1.98. The number of carbonyl (C=O) groups is 1. The molecule has 0 saturated heterocycles. The molecular formula is C16H15FO2. The molecule has 0 bridgehead atoms. The zero-order valence-electron chi connectivity index (χ0n) is 10.7. The van der Waals surface area contributed by atoms with Crippen molar-refractivity contribution >= 4 is 6.29 Å². The van der Waals surface area contributed by atoms with E-state index in [1.807, 2.05) is 31.2 Å². The smallest absolute Gasteiger partial charge is 0.150 e. The summed E-state index contributed by atoms with van der Waals surface area (Å²) in [4.78, 5) is 11.1. The lowest BCUT2D eigenvalue weighted by Gasteiger charge is -2.12. The molecule has 0 unspecified atom stereocenters. The molecule has 2 nitrogen and oxygen atoms in total. The zero-order chi connectivity index (χ0) is 13.7. The van der Waals surface area contributed by atoms with Crippen LogP contribution in [0.2, 0.25) is 0 Å². The zero-order valence-corrected chi connectivity index (χ0v) is 10.7.